The average molecular weight is 269 g/mol. The van der Waals surface area contributed by atoms with E-state index in [0.717, 1.165) is 36.2 Å². The Morgan fingerprint density at radius 2 is 2.30 bits per heavy atom. The molecular weight excluding hydrogens is 250 g/mol. The summed E-state index contributed by atoms with van der Waals surface area (Å²) in [6, 6.07) is 5.69. The van der Waals surface area contributed by atoms with E-state index in [1.807, 2.05) is 22.6 Å². The third-order valence-corrected chi connectivity index (χ3v) is 4.69. The lowest BCUT2D eigenvalue weighted by molar-refractivity contribution is 0.0946. The topological polar surface area (TPSA) is 46.4 Å². The summed E-state index contributed by atoms with van der Waals surface area (Å²) in [5, 5.41) is 3.04. The first kappa shape index (κ1) is 11.9. The molecule has 2 aliphatic carbocycles. The van der Waals surface area contributed by atoms with Gasteiger partial charge in [-0.15, -0.1) is 0 Å². The zero-order chi connectivity index (χ0) is 13.5. The van der Waals surface area contributed by atoms with E-state index in [4.69, 9.17) is 0 Å². The molecule has 2 aromatic heterocycles. The molecule has 4 heteroatoms. The summed E-state index contributed by atoms with van der Waals surface area (Å²) < 4.78 is 1.83. The van der Waals surface area contributed by atoms with Gasteiger partial charge in [-0.25, -0.2) is 4.98 Å². The van der Waals surface area contributed by atoms with Gasteiger partial charge in [-0.1, -0.05) is 6.07 Å². The van der Waals surface area contributed by atoms with Gasteiger partial charge in [0.2, 0.25) is 0 Å². The molecule has 0 spiro atoms. The summed E-state index contributed by atoms with van der Waals surface area (Å²) in [5.41, 5.74) is 1.61. The van der Waals surface area contributed by atoms with Crippen molar-refractivity contribution in [2.75, 3.05) is 6.54 Å². The van der Waals surface area contributed by atoms with Crippen LogP contribution in [0.1, 0.15) is 36.2 Å². The quantitative estimate of drug-likeness (QED) is 0.906. The van der Waals surface area contributed by atoms with Crippen molar-refractivity contribution in [1.29, 1.82) is 0 Å². The minimum atomic E-state index is -0.00257. The van der Waals surface area contributed by atoms with Crippen LogP contribution in [0.5, 0.6) is 0 Å². The third kappa shape index (κ3) is 2.19. The fraction of sp³-hybridized carbons (Fsp3) is 0.500. The largest absolute Gasteiger partial charge is 0.351 e. The van der Waals surface area contributed by atoms with Gasteiger partial charge in [0.25, 0.3) is 5.91 Å². The van der Waals surface area contributed by atoms with Crippen LogP contribution < -0.4 is 5.32 Å². The molecule has 2 saturated carbocycles. The molecule has 0 aliphatic heterocycles. The number of nitrogens with zero attached hydrogens (tertiary/aromatic N) is 2. The smallest absolute Gasteiger partial charge is 0.268 e. The number of hydrogen-bond acceptors (Lipinski definition) is 2. The summed E-state index contributed by atoms with van der Waals surface area (Å²) in [6.45, 7) is 0.789. The monoisotopic (exact) mass is 269 g/mol. The van der Waals surface area contributed by atoms with E-state index in [2.05, 4.69) is 10.3 Å². The van der Waals surface area contributed by atoms with Gasteiger partial charge in [0, 0.05) is 6.54 Å². The first-order valence-corrected chi connectivity index (χ1v) is 7.52. The van der Waals surface area contributed by atoms with Crippen molar-refractivity contribution in [1.82, 2.24) is 14.7 Å². The van der Waals surface area contributed by atoms with Crippen LogP contribution in [-0.2, 0) is 0 Å². The lowest BCUT2D eigenvalue weighted by atomic mass is 10.2. The molecule has 1 amide bonds. The Morgan fingerprint density at radius 3 is 3.15 bits per heavy atom. The first-order chi connectivity index (χ1) is 9.83. The first-order valence-electron chi connectivity index (χ1n) is 7.52. The second kappa shape index (κ2) is 4.62. The molecule has 2 aromatic rings. The number of pyridine rings is 1. The van der Waals surface area contributed by atoms with Crippen LogP contribution in [0.4, 0.5) is 0 Å². The van der Waals surface area contributed by atoms with Crippen molar-refractivity contribution >= 4 is 11.4 Å². The van der Waals surface area contributed by atoms with E-state index >= 15 is 0 Å². The summed E-state index contributed by atoms with van der Waals surface area (Å²) >= 11 is 0. The van der Waals surface area contributed by atoms with Crippen molar-refractivity contribution in [2.45, 2.75) is 25.7 Å². The molecular formula is C16H19N3O. The summed E-state index contributed by atoms with van der Waals surface area (Å²) in [6.07, 6.45) is 8.85. The Kier molecular flexibility index (Phi) is 2.76. The zero-order valence-electron chi connectivity index (χ0n) is 11.5. The molecule has 0 aromatic carbocycles. The van der Waals surface area contributed by atoms with Crippen LogP contribution in [-0.4, -0.2) is 21.8 Å². The molecule has 0 radical (unpaired) electrons. The van der Waals surface area contributed by atoms with Crippen molar-refractivity contribution in [3.8, 4) is 0 Å². The highest BCUT2D eigenvalue weighted by Gasteiger charge is 2.46. The van der Waals surface area contributed by atoms with E-state index in [0.29, 0.717) is 5.69 Å². The fourth-order valence-corrected chi connectivity index (χ4v) is 3.30. The van der Waals surface area contributed by atoms with Gasteiger partial charge in [0.1, 0.15) is 5.69 Å². The minimum absolute atomic E-state index is 0.00257. The van der Waals surface area contributed by atoms with Crippen LogP contribution in [0.25, 0.3) is 5.52 Å². The van der Waals surface area contributed by atoms with Crippen LogP contribution in [0.2, 0.25) is 0 Å². The fourth-order valence-electron chi connectivity index (χ4n) is 3.30. The van der Waals surface area contributed by atoms with Gasteiger partial charge in [-0.3, -0.25) is 9.20 Å². The Bertz CT molecular complexity index is 644. The van der Waals surface area contributed by atoms with Gasteiger partial charge in [-0.2, -0.15) is 0 Å². The standard InChI is InChI=1S/C16H19N3O/c20-16(15-3-1-2-13-9-17-10-19(13)15)18-7-6-12-8-14(12)11-4-5-11/h1-3,9-12,14H,4-8H2,(H,18,20)/t12-,14+/m1/s1. The number of amides is 1. The Hall–Kier alpha value is -1.84. The van der Waals surface area contributed by atoms with Gasteiger partial charge in [0.15, 0.2) is 0 Å². The SMILES string of the molecule is O=C(NCC[C@@H]1C[C@H]1C1CC1)c1cccc2cncn12. The molecule has 1 N–H and O–H groups in total. The van der Waals surface area contributed by atoms with E-state index in [1.165, 1.54) is 19.3 Å². The summed E-state index contributed by atoms with van der Waals surface area (Å²) in [4.78, 5) is 16.3. The maximum absolute atomic E-state index is 12.2. The number of imidazole rings is 1. The van der Waals surface area contributed by atoms with Crippen LogP contribution in [0, 0.1) is 17.8 Å². The van der Waals surface area contributed by atoms with Crippen LogP contribution >= 0.6 is 0 Å². The number of aromatic nitrogens is 2. The van der Waals surface area contributed by atoms with Gasteiger partial charge >= 0.3 is 0 Å². The van der Waals surface area contributed by atoms with E-state index in [1.54, 1.807) is 12.5 Å². The lowest BCUT2D eigenvalue weighted by Crippen LogP contribution is -2.26. The molecule has 104 valence electrons. The maximum atomic E-state index is 12.2. The summed E-state index contributed by atoms with van der Waals surface area (Å²) in [7, 11) is 0. The Morgan fingerprint density at radius 1 is 1.40 bits per heavy atom. The molecule has 0 bridgehead atoms. The summed E-state index contributed by atoms with van der Waals surface area (Å²) in [5.74, 6) is 2.86. The number of carbonyl (C=O) groups is 1. The highest BCUT2D eigenvalue weighted by atomic mass is 16.1. The maximum Gasteiger partial charge on any atom is 0.268 e. The second-order valence-corrected chi connectivity index (χ2v) is 6.14. The normalized spacial score (nSPS) is 24.8. The van der Waals surface area contributed by atoms with Gasteiger partial charge < -0.3 is 5.32 Å². The molecule has 0 unspecified atom stereocenters. The number of carbonyl (C=O) groups excluding carboxylic acids is 1. The van der Waals surface area contributed by atoms with Crippen LogP contribution in [0.15, 0.2) is 30.7 Å². The molecule has 2 fully saturated rings. The highest BCUT2D eigenvalue weighted by Crippen LogP contribution is 2.55. The molecule has 4 rings (SSSR count). The van der Waals surface area contributed by atoms with Gasteiger partial charge in [0.05, 0.1) is 18.0 Å². The zero-order valence-corrected chi connectivity index (χ0v) is 11.5. The molecule has 2 heterocycles. The third-order valence-electron chi connectivity index (χ3n) is 4.69. The molecule has 0 saturated heterocycles. The molecule has 2 aliphatic rings. The van der Waals surface area contributed by atoms with Crippen molar-refractivity contribution in [3.05, 3.63) is 36.4 Å². The number of fused-ring (bicyclic) bond motifs is 1. The number of rotatable bonds is 5. The number of hydrogen-bond donors (Lipinski definition) is 1. The average Bonchev–Trinajstić information content (AvgIpc) is 3.35. The second-order valence-electron chi connectivity index (χ2n) is 6.14. The van der Waals surface area contributed by atoms with Crippen molar-refractivity contribution < 1.29 is 4.79 Å². The predicted molar refractivity (Wildman–Crippen MR) is 76.5 cm³/mol. The van der Waals surface area contributed by atoms with E-state index < -0.39 is 0 Å². The van der Waals surface area contributed by atoms with Crippen molar-refractivity contribution in [3.63, 3.8) is 0 Å². The molecule has 2 atom stereocenters. The predicted octanol–water partition coefficient (Wildman–Crippen LogP) is 2.50. The number of nitrogens with one attached hydrogen (secondary N) is 1. The van der Waals surface area contributed by atoms with Crippen molar-refractivity contribution in [2.24, 2.45) is 17.8 Å². The van der Waals surface area contributed by atoms with E-state index in [9.17, 15) is 4.79 Å². The Balaban J connectivity index is 1.34. The van der Waals surface area contributed by atoms with Crippen LogP contribution in [0.3, 0.4) is 0 Å². The molecule has 4 nitrogen and oxygen atoms in total. The van der Waals surface area contributed by atoms with E-state index in [-0.39, 0.29) is 5.91 Å². The lowest BCUT2D eigenvalue weighted by Gasteiger charge is -2.07. The highest BCUT2D eigenvalue weighted by molar-refractivity contribution is 5.93. The van der Waals surface area contributed by atoms with Gasteiger partial charge in [-0.05, 0) is 55.6 Å². The minimum Gasteiger partial charge on any atom is -0.351 e. The Labute approximate surface area is 118 Å². The molecule has 20 heavy (non-hydrogen) atoms.